The Hall–Kier alpha value is -2.17. The van der Waals surface area contributed by atoms with Gasteiger partial charge < -0.3 is 19.9 Å². The maximum absolute atomic E-state index is 13.2. The van der Waals surface area contributed by atoms with Gasteiger partial charge in [0.1, 0.15) is 11.8 Å². The predicted octanol–water partition coefficient (Wildman–Crippen LogP) is 2.53. The first-order valence-corrected chi connectivity index (χ1v) is 14.1. The quantitative estimate of drug-likeness (QED) is 0.564. The lowest BCUT2D eigenvalue weighted by Gasteiger charge is -2.40. The van der Waals surface area contributed by atoms with Gasteiger partial charge in [0, 0.05) is 18.7 Å². The molecule has 1 aromatic carbocycles. The molecule has 0 unspecified atom stereocenters. The van der Waals surface area contributed by atoms with Crippen LogP contribution in [0.3, 0.4) is 0 Å². The number of nitrogens with zero attached hydrogens (tertiary/aromatic N) is 2. The maximum Gasteiger partial charge on any atom is 0.261 e. The first-order chi connectivity index (χ1) is 16.4. The minimum absolute atomic E-state index is 0.0336. The van der Waals surface area contributed by atoms with E-state index in [0.717, 1.165) is 37.8 Å². The molecule has 35 heavy (non-hydrogen) atoms. The van der Waals surface area contributed by atoms with E-state index in [-0.39, 0.29) is 17.7 Å². The fourth-order valence-electron chi connectivity index (χ4n) is 4.77. The number of ether oxygens (including phenoxy) is 1. The van der Waals surface area contributed by atoms with Gasteiger partial charge in [0.05, 0.1) is 13.4 Å². The van der Waals surface area contributed by atoms with Crippen LogP contribution < -0.4 is 10.1 Å². The van der Waals surface area contributed by atoms with Gasteiger partial charge in [-0.25, -0.2) is 0 Å². The molecule has 0 radical (unpaired) electrons. The third kappa shape index (κ3) is 9.77. The first-order valence-electron chi connectivity index (χ1n) is 12.2. The Kier molecular flexibility index (Phi) is 11.0. The monoisotopic (exact) mass is 511 g/mol. The van der Waals surface area contributed by atoms with Gasteiger partial charge in [-0.15, -0.1) is 0 Å². The fourth-order valence-corrected chi connectivity index (χ4v) is 4.77. The highest BCUT2D eigenvalue weighted by molar-refractivity contribution is 7.85. The number of piperidine rings is 2. The Labute approximate surface area is 209 Å². The summed E-state index contributed by atoms with van der Waals surface area (Å²) < 4.78 is 31.0. The zero-order valence-corrected chi connectivity index (χ0v) is 22.4. The van der Waals surface area contributed by atoms with Crippen molar-refractivity contribution in [3.8, 4) is 5.75 Å². The summed E-state index contributed by atoms with van der Waals surface area (Å²) in [5.41, 5.74) is 0.537. The number of methoxy groups -OCH3 is 1. The van der Waals surface area contributed by atoms with Gasteiger partial charge in [-0.3, -0.25) is 14.1 Å². The maximum atomic E-state index is 13.2. The molecule has 0 saturated carbocycles. The number of hydrogen-bond donors (Lipinski definition) is 2. The molecule has 9 nitrogen and oxygen atoms in total. The van der Waals surface area contributed by atoms with Crippen molar-refractivity contribution in [1.82, 2.24) is 15.1 Å². The van der Waals surface area contributed by atoms with E-state index >= 15 is 0 Å². The normalized spacial score (nSPS) is 19.0. The van der Waals surface area contributed by atoms with Crippen LogP contribution in [0.4, 0.5) is 0 Å². The molecular formula is C25H41N3O6S. The summed E-state index contributed by atoms with van der Waals surface area (Å²) in [6, 6.07) is 6.47. The van der Waals surface area contributed by atoms with Crippen molar-refractivity contribution in [2.75, 3.05) is 46.6 Å². The van der Waals surface area contributed by atoms with Crippen LogP contribution in [0.25, 0.3) is 0 Å². The van der Waals surface area contributed by atoms with Crippen LogP contribution in [0.2, 0.25) is 0 Å². The summed E-state index contributed by atoms with van der Waals surface area (Å²) in [4.78, 5) is 30.3. The average molecular weight is 512 g/mol. The molecule has 2 heterocycles. The molecule has 2 N–H and O–H groups in total. The average Bonchev–Trinajstić information content (AvgIpc) is 2.81. The van der Waals surface area contributed by atoms with Gasteiger partial charge in [-0.2, -0.15) is 8.42 Å². The highest BCUT2D eigenvalue weighted by atomic mass is 32.2. The molecule has 0 bridgehead atoms. The molecule has 2 amide bonds. The summed E-state index contributed by atoms with van der Waals surface area (Å²) in [5.74, 6) is 2.10. The van der Waals surface area contributed by atoms with Gasteiger partial charge in [0.25, 0.3) is 16.0 Å². The van der Waals surface area contributed by atoms with E-state index in [2.05, 4.69) is 17.3 Å². The van der Waals surface area contributed by atoms with Crippen LogP contribution in [0.15, 0.2) is 24.3 Å². The summed E-state index contributed by atoms with van der Waals surface area (Å²) in [6.07, 6.45) is 5.44. The summed E-state index contributed by atoms with van der Waals surface area (Å²) in [6.45, 7) is 7.96. The zero-order chi connectivity index (χ0) is 26.2. The Morgan fingerprint density at radius 2 is 1.46 bits per heavy atom. The Balaban J connectivity index is 0.000000784. The van der Waals surface area contributed by atoms with Crippen molar-refractivity contribution in [2.45, 2.75) is 45.6 Å². The second-order valence-corrected chi connectivity index (χ2v) is 11.4. The van der Waals surface area contributed by atoms with E-state index < -0.39 is 16.2 Å². The molecule has 2 aliphatic rings. The molecule has 2 fully saturated rings. The second kappa shape index (κ2) is 13.2. The number of carbonyl (C=O) groups is 2. The molecule has 198 valence electrons. The van der Waals surface area contributed by atoms with E-state index in [4.69, 9.17) is 9.29 Å². The van der Waals surface area contributed by atoms with Gasteiger partial charge >= 0.3 is 0 Å². The molecule has 0 aliphatic carbocycles. The first kappa shape index (κ1) is 29.1. The number of amides is 2. The van der Waals surface area contributed by atoms with Crippen LogP contribution in [-0.2, 0) is 14.9 Å². The third-order valence-corrected chi connectivity index (χ3v) is 6.85. The zero-order valence-electron chi connectivity index (χ0n) is 21.6. The molecule has 3 rings (SSSR count). The lowest BCUT2D eigenvalue weighted by atomic mass is 9.78. The van der Waals surface area contributed by atoms with Crippen LogP contribution >= 0.6 is 0 Å². The number of carbonyl (C=O) groups excluding carboxylic acids is 2. The largest absolute Gasteiger partial charge is 0.497 e. The van der Waals surface area contributed by atoms with Crippen LogP contribution in [-0.4, -0.2) is 87.2 Å². The fraction of sp³-hybridized carbons (Fsp3) is 0.680. The summed E-state index contributed by atoms with van der Waals surface area (Å²) >= 11 is 0. The van der Waals surface area contributed by atoms with E-state index in [1.54, 1.807) is 31.4 Å². The molecule has 2 aliphatic heterocycles. The molecule has 1 aromatic rings. The van der Waals surface area contributed by atoms with Crippen molar-refractivity contribution in [2.24, 2.45) is 17.8 Å². The molecular weight excluding hydrogens is 470 g/mol. The SMILES string of the molecule is COc1ccc(C(=O)N[C@@H](C(=O)N2CCC(C3CCN(C)CC3)CC2)C(C)C)cc1.CS(=O)(=O)O. The molecule has 2 saturated heterocycles. The Morgan fingerprint density at radius 1 is 1.00 bits per heavy atom. The Bertz CT molecular complexity index is 911. The molecule has 0 aromatic heterocycles. The standard InChI is InChI=1S/C24H37N3O3.CH4O3S/c1-17(2)22(25-23(28)20-5-7-21(30-4)8-6-20)24(29)27-15-11-19(12-16-27)18-9-13-26(3)14-10-18;1-5(2,3)4/h5-8,17-19,22H,9-16H2,1-4H3,(H,25,28);1H3,(H,2,3,4)/t22-;/m1./s1. The molecule has 1 atom stereocenters. The highest BCUT2D eigenvalue weighted by Gasteiger charge is 2.34. The second-order valence-electron chi connectivity index (χ2n) is 9.96. The van der Waals surface area contributed by atoms with Crippen molar-refractivity contribution < 1.29 is 27.3 Å². The van der Waals surface area contributed by atoms with Crippen molar-refractivity contribution in [3.63, 3.8) is 0 Å². The number of hydrogen-bond acceptors (Lipinski definition) is 6. The van der Waals surface area contributed by atoms with Crippen LogP contribution in [0.5, 0.6) is 5.75 Å². The van der Waals surface area contributed by atoms with Crippen molar-refractivity contribution >= 4 is 21.9 Å². The summed E-state index contributed by atoms with van der Waals surface area (Å²) in [7, 11) is 0.127. The van der Waals surface area contributed by atoms with Crippen LogP contribution in [0.1, 0.15) is 49.9 Å². The summed E-state index contributed by atoms with van der Waals surface area (Å²) in [5, 5.41) is 2.97. The highest BCUT2D eigenvalue weighted by Crippen LogP contribution is 2.32. The van der Waals surface area contributed by atoms with Crippen molar-refractivity contribution in [1.29, 1.82) is 0 Å². The van der Waals surface area contributed by atoms with Gasteiger partial charge in [-0.1, -0.05) is 13.8 Å². The number of rotatable bonds is 6. The number of likely N-dealkylation sites (tertiary alicyclic amines) is 2. The third-order valence-electron chi connectivity index (χ3n) is 6.85. The number of benzene rings is 1. The molecule has 0 spiro atoms. The van der Waals surface area contributed by atoms with Gasteiger partial charge in [0.2, 0.25) is 5.91 Å². The molecule has 10 heteroatoms. The van der Waals surface area contributed by atoms with Gasteiger partial charge in [0.15, 0.2) is 0 Å². The minimum Gasteiger partial charge on any atom is -0.497 e. The van der Waals surface area contributed by atoms with Crippen molar-refractivity contribution in [3.05, 3.63) is 29.8 Å². The van der Waals surface area contributed by atoms with E-state index in [1.165, 1.54) is 25.9 Å². The minimum atomic E-state index is -3.67. The van der Waals surface area contributed by atoms with E-state index in [1.807, 2.05) is 18.7 Å². The van der Waals surface area contributed by atoms with E-state index in [0.29, 0.717) is 17.6 Å². The van der Waals surface area contributed by atoms with Gasteiger partial charge in [-0.05, 0) is 87.8 Å². The topological polar surface area (TPSA) is 116 Å². The predicted molar refractivity (Wildman–Crippen MR) is 136 cm³/mol. The smallest absolute Gasteiger partial charge is 0.261 e. The Morgan fingerprint density at radius 3 is 1.89 bits per heavy atom. The lowest BCUT2D eigenvalue weighted by molar-refractivity contribution is -0.136. The number of nitrogens with one attached hydrogen (secondary N) is 1. The van der Waals surface area contributed by atoms with E-state index in [9.17, 15) is 18.0 Å². The lowest BCUT2D eigenvalue weighted by Crippen LogP contribution is -2.53. The van der Waals surface area contributed by atoms with Crippen LogP contribution in [0, 0.1) is 17.8 Å².